The van der Waals surface area contributed by atoms with E-state index in [-0.39, 0.29) is 5.41 Å². The van der Waals surface area contributed by atoms with Gasteiger partial charge >= 0.3 is 6.16 Å². The molecule has 0 bridgehead atoms. The van der Waals surface area contributed by atoms with Crippen LogP contribution in [0, 0.1) is 0 Å². The van der Waals surface area contributed by atoms with E-state index in [0.29, 0.717) is 0 Å². The van der Waals surface area contributed by atoms with Gasteiger partial charge in [0.25, 0.3) is 0 Å². The van der Waals surface area contributed by atoms with Crippen LogP contribution in [-0.4, -0.2) is 11.3 Å². The van der Waals surface area contributed by atoms with Crippen molar-refractivity contribution in [2.24, 2.45) is 0 Å². The van der Waals surface area contributed by atoms with E-state index < -0.39 is 12.3 Å². The highest BCUT2D eigenvalue weighted by atomic mass is 16.7. The minimum Gasteiger partial charge on any atom is -0.450 e. The summed E-state index contributed by atoms with van der Waals surface area (Å²) in [4.78, 5) is 10.4. The largest absolute Gasteiger partial charge is 0.506 e. The summed E-state index contributed by atoms with van der Waals surface area (Å²) in [5.41, 5.74) is 2.11. The standard InChI is InChI=1S/C13H18O3/c1-9(16-12(14)15)10-6-5-7-11(8-10)13(2,3)4/h5-9H,1-4H3,(H,14,15). The molecule has 1 rings (SSSR count). The normalized spacial score (nSPS) is 13.2. The van der Waals surface area contributed by atoms with Crippen LogP contribution >= 0.6 is 0 Å². The number of carbonyl (C=O) groups is 1. The highest BCUT2D eigenvalue weighted by Gasteiger charge is 2.16. The number of hydrogen-bond acceptors (Lipinski definition) is 2. The summed E-state index contributed by atoms with van der Waals surface area (Å²) in [5, 5.41) is 8.55. The third kappa shape index (κ3) is 3.26. The van der Waals surface area contributed by atoms with Gasteiger partial charge in [-0.15, -0.1) is 0 Å². The van der Waals surface area contributed by atoms with Crippen LogP contribution < -0.4 is 0 Å². The molecule has 0 heterocycles. The van der Waals surface area contributed by atoms with Crippen LogP contribution in [0.5, 0.6) is 0 Å². The molecule has 0 aliphatic rings. The monoisotopic (exact) mass is 222 g/mol. The molecule has 0 fully saturated rings. The van der Waals surface area contributed by atoms with Crippen LogP contribution in [0.1, 0.15) is 44.9 Å². The summed E-state index contributed by atoms with van der Waals surface area (Å²) >= 11 is 0. The number of hydrogen-bond donors (Lipinski definition) is 1. The van der Waals surface area contributed by atoms with E-state index in [1.165, 1.54) is 5.56 Å². The fraction of sp³-hybridized carbons (Fsp3) is 0.462. The van der Waals surface area contributed by atoms with E-state index >= 15 is 0 Å². The Labute approximate surface area is 96.1 Å². The first-order valence-electron chi connectivity index (χ1n) is 5.30. The van der Waals surface area contributed by atoms with Gasteiger partial charge in [0.1, 0.15) is 6.10 Å². The van der Waals surface area contributed by atoms with E-state index in [2.05, 4.69) is 20.8 Å². The zero-order valence-electron chi connectivity index (χ0n) is 10.2. The maximum absolute atomic E-state index is 10.4. The first-order valence-corrected chi connectivity index (χ1v) is 5.30. The maximum atomic E-state index is 10.4. The van der Waals surface area contributed by atoms with Crippen molar-refractivity contribution in [1.29, 1.82) is 0 Å². The van der Waals surface area contributed by atoms with Crippen molar-refractivity contribution in [3.05, 3.63) is 35.4 Å². The van der Waals surface area contributed by atoms with Crippen molar-refractivity contribution < 1.29 is 14.6 Å². The Morgan fingerprint density at radius 2 is 2.00 bits per heavy atom. The van der Waals surface area contributed by atoms with Gasteiger partial charge in [0.15, 0.2) is 0 Å². The fourth-order valence-corrected chi connectivity index (χ4v) is 1.48. The predicted octanol–water partition coefficient (Wildman–Crippen LogP) is 3.74. The SMILES string of the molecule is CC(OC(=O)O)c1cccc(C(C)(C)C)c1. The molecule has 0 amide bonds. The molecule has 16 heavy (non-hydrogen) atoms. The molecule has 1 aromatic rings. The lowest BCUT2D eigenvalue weighted by atomic mass is 9.86. The molecule has 0 saturated heterocycles. The maximum Gasteiger partial charge on any atom is 0.506 e. The van der Waals surface area contributed by atoms with E-state index in [4.69, 9.17) is 9.84 Å². The summed E-state index contributed by atoms with van der Waals surface area (Å²) in [6.45, 7) is 8.09. The molecule has 0 radical (unpaired) electrons. The Morgan fingerprint density at radius 1 is 1.38 bits per heavy atom. The molecule has 0 spiro atoms. The third-order valence-corrected chi connectivity index (χ3v) is 2.50. The van der Waals surface area contributed by atoms with Gasteiger partial charge in [-0.3, -0.25) is 0 Å². The molecule has 0 aromatic heterocycles. The second-order valence-electron chi connectivity index (χ2n) is 4.90. The smallest absolute Gasteiger partial charge is 0.450 e. The molecule has 0 saturated carbocycles. The summed E-state index contributed by atoms with van der Waals surface area (Å²) in [6, 6.07) is 7.84. The third-order valence-electron chi connectivity index (χ3n) is 2.50. The molecule has 1 aromatic carbocycles. The number of carboxylic acid groups (broad SMARTS) is 1. The quantitative estimate of drug-likeness (QED) is 0.775. The van der Waals surface area contributed by atoms with E-state index in [1.54, 1.807) is 6.92 Å². The number of ether oxygens (including phenoxy) is 1. The first kappa shape index (κ1) is 12.6. The van der Waals surface area contributed by atoms with Crippen LogP contribution in [0.15, 0.2) is 24.3 Å². The van der Waals surface area contributed by atoms with E-state index in [1.807, 2.05) is 24.3 Å². The fourth-order valence-electron chi connectivity index (χ4n) is 1.48. The van der Waals surface area contributed by atoms with Crippen LogP contribution in [-0.2, 0) is 10.2 Å². The summed E-state index contributed by atoms with van der Waals surface area (Å²) in [5.74, 6) is 0. The van der Waals surface area contributed by atoms with Gasteiger partial charge in [-0.2, -0.15) is 0 Å². The lowest BCUT2D eigenvalue weighted by Gasteiger charge is -2.21. The Hall–Kier alpha value is -1.51. The molecule has 1 unspecified atom stereocenters. The Balaban J connectivity index is 2.94. The zero-order valence-corrected chi connectivity index (χ0v) is 10.2. The van der Waals surface area contributed by atoms with Crippen molar-refractivity contribution in [2.45, 2.75) is 39.2 Å². The molecular weight excluding hydrogens is 204 g/mol. The van der Waals surface area contributed by atoms with Crippen molar-refractivity contribution in [2.75, 3.05) is 0 Å². The Bertz CT molecular complexity index is 377. The average Bonchev–Trinajstić information content (AvgIpc) is 2.15. The Kier molecular flexibility index (Phi) is 3.58. The van der Waals surface area contributed by atoms with Crippen molar-refractivity contribution in [3.63, 3.8) is 0 Å². The van der Waals surface area contributed by atoms with Crippen LogP contribution in [0.3, 0.4) is 0 Å². The minimum atomic E-state index is -1.24. The van der Waals surface area contributed by atoms with Gasteiger partial charge in [-0.05, 0) is 23.5 Å². The summed E-state index contributed by atoms with van der Waals surface area (Å²) in [6.07, 6.45) is -1.67. The van der Waals surface area contributed by atoms with E-state index in [9.17, 15) is 4.79 Å². The number of benzene rings is 1. The average molecular weight is 222 g/mol. The highest BCUT2D eigenvalue weighted by Crippen LogP contribution is 2.26. The van der Waals surface area contributed by atoms with Gasteiger partial charge in [0.05, 0.1) is 0 Å². The predicted molar refractivity (Wildman–Crippen MR) is 62.7 cm³/mol. The summed E-state index contributed by atoms with van der Waals surface area (Å²) in [7, 11) is 0. The topological polar surface area (TPSA) is 46.5 Å². The van der Waals surface area contributed by atoms with Crippen LogP contribution in [0.25, 0.3) is 0 Å². The molecule has 0 aliphatic carbocycles. The zero-order chi connectivity index (χ0) is 12.3. The number of rotatable bonds is 2. The van der Waals surface area contributed by atoms with Gasteiger partial charge in [-0.25, -0.2) is 4.79 Å². The molecule has 1 atom stereocenters. The molecular formula is C13H18O3. The molecule has 88 valence electrons. The second kappa shape index (κ2) is 4.56. The second-order valence-corrected chi connectivity index (χ2v) is 4.90. The van der Waals surface area contributed by atoms with Gasteiger partial charge in [0.2, 0.25) is 0 Å². The molecule has 3 nitrogen and oxygen atoms in total. The Morgan fingerprint density at radius 3 is 2.50 bits per heavy atom. The lowest BCUT2D eigenvalue weighted by molar-refractivity contribution is 0.0587. The van der Waals surface area contributed by atoms with Crippen molar-refractivity contribution in [3.8, 4) is 0 Å². The van der Waals surface area contributed by atoms with Crippen molar-refractivity contribution in [1.82, 2.24) is 0 Å². The first-order chi connectivity index (χ1) is 7.30. The van der Waals surface area contributed by atoms with Crippen LogP contribution in [0.4, 0.5) is 4.79 Å². The van der Waals surface area contributed by atoms with Gasteiger partial charge < -0.3 is 9.84 Å². The molecule has 3 heteroatoms. The molecule has 0 aliphatic heterocycles. The van der Waals surface area contributed by atoms with Crippen molar-refractivity contribution >= 4 is 6.16 Å². The van der Waals surface area contributed by atoms with E-state index in [0.717, 1.165) is 5.56 Å². The molecule has 1 N–H and O–H groups in total. The minimum absolute atomic E-state index is 0.0545. The van der Waals surface area contributed by atoms with Gasteiger partial charge in [-0.1, -0.05) is 45.0 Å². The lowest BCUT2D eigenvalue weighted by Crippen LogP contribution is -2.12. The summed E-state index contributed by atoms with van der Waals surface area (Å²) < 4.78 is 4.72. The highest BCUT2D eigenvalue weighted by molar-refractivity contribution is 5.57. The van der Waals surface area contributed by atoms with Crippen LogP contribution in [0.2, 0.25) is 0 Å². The van der Waals surface area contributed by atoms with Gasteiger partial charge in [0, 0.05) is 0 Å².